The summed E-state index contributed by atoms with van der Waals surface area (Å²) in [4.78, 5) is 0. The van der Waals surface area contributed by atoms with Crippen LogP contribution in [0.2, 0.25) is 0 Å². The maximum absolute atomic E-state index is 9.82. The van der Waals surface area contributed by atoms with Gasteiger partial charge < -0.3 is 9.84 Å². The monoisotopic (exact) mass is 232 g/mol. The van der Waals surface area contributed by atoms with Gasteiger partial charge in [0.1, 0.15) is 5.75 Å². The van der Waals surface area contributed by atoms with Gasteiger partial charge in [0, 0.05) is 0 Å². The fourth-order valence-electron chi connectivity index (χ4n) is 2.81. The van der Waals surface area contributed by atoms with Gasteiger partial charge in [0.05, 0.1) is 12.2 Å². The van der Waals surface area contributed by atoms with Crippen LogP contribution >= 0.6 is 0 Å². The van der Waals surface area contributed by atoms with Crippen molar-refractivity contribution in [2.75, 3.05) is 0 Å². The van der Waals surface area contributed by atoms with E-state index in [1.165, 1.54) is 18.4 Å². The highest BCUT2D eigenvalue weighted by Gasteiger charge is 2.32. The van der Waals surface area contributed by atoms with Crippen LogP contribution in [0.4, 0.5) is 0 Å². The number of hydrogen-bond donors (Lipinski definition) is 1. The third kappa shape index (κ3) is 2.32. The highest BCUT2D eigenvalue weighted by molar-refractivity contribution is 5.32. The molecule has 1 aromatic rings. The van der Waals surface area contributed by atoms with E-state index in [1.807, 2.05) is 6.07 Å². The summed E-state index contributed by atoms with van der Waals surface area (Å²) < 4.78 is 5.83. The van der Waals surface area contributed by atoms with Gasteiger partial charge in [-0.2, -0.15) is 0 Å². The van der Waals surface area contributed by atoms with Crippen molar-refractivity contribution >= 4 is 0 Å². The molecule has 0 saturated heterocycles. The van der Waals surface area contributed by atoms with E-state index in [0.717, 1.165) is 18.6 Å². The van der Waals surface area contributed by atoms with E-state index < -0.39 is 0 Å². The van der Waals surface area contributed by atoms with Crippen molar-refractivity contribution in [2.24, 2.45) is 5.92 Å². The average molecular weight is 232 g/mol. The first-order valence-corrected chi connectivity index (χ1v) is 6.69. The van der Waals surface area contributed by atoms with Crippen LogP contribution in [0.3, 0.4) is 0 Å². The number of benzene rings is 1. The van der Waals surface area contributed by atoms with Crippen LogP contribution in [0.5, 0.6) is 5.75 Å². The van der Waals surface area contributed by atoms with E-state index in [4.69, 9.17) is 4.74 Å². The molecule has 1 N–H and O–H groups in total. The van der Waals surface area contributed by atoms with Gasteiger partial charge in [-0.05, 0) is 55.2 Å². The minimum Gasteiger partial charge on any atom is -0.490 e. The van der Waals surface area contributed by atoms with Gasteiger partial charge in [0.25, 0.3) is 0 Å². The van der Waals surface area contributed by atoms with Crippen LogP contribution in [0.15, 0.2) is 24.3 Å². The molecule has 2 fully saturated rings. The minimum atomic E-state index is -0.131. The Morgan fingerprint density at radius 3 is 2.65 bits per heavy atom. The first-order chi connectivity index (χ1) is 8.24. The summed E-state index contributed by atoms with van der Waals surface area (Å²) in [6.45, 7) is 2.15. The molecule has 3 unspecified atom stereocenters. The summed E-state index contributed by atoms with van der Waals surface area (Å²) in [5.41, 5.74) is 1.33. The van der Waals surface area contributed by atoms with E-state index in [0.29, 0.717) is 17.9 Å². The molecular weight excluding hydrogens is 212 g/mol. The Balaban J connectivity index is 1.77. The number of ether oxygens (including phenoxy) is 1. The van der Waals surface area contributed by atoms with E-state index in [1.54, 1.807) is 0 Å². The molecule has 0 radical (unpaired) electrons. The second-order valence-corrected chi connectivity index (χ2v) is 5.50. The molecule has 92 valence electrons. The molecule has 2 aliphatic rings. The number of hydrogen-bond acceptors (Lipinski definition) is 2. The lowest BCUT2D eigenvalue weighted by Gasteiger charge is -2.18. The zero-order valence-electron chi connectivity index (χ0n) is 10.3. The second kappa shape index (κ2) is 4.34. The van der Waals surface area contributed by atoms with Crippen molar-refractivity contribution in [1.82, 2.24) is 0 Å². The van der Waals surface area contributed by atoms with Crippen molar-refractivity contribution in [3.8, 4) is 5.75 Å². The molecule has 2 nitrogen and oxygen atoms in total. The molecule has 0 aromatic heterocycles. The number of aliphatic hydroxyl groups excluding tert-OH is 1. The highest BCUT2D eigenvalue weighted by atomic mass is 16.5. The molecule has 0 heterocycles. The van der Waals surface area contributed by atoms with Crippen molar-refractivity contribution in [3.05, 3.63) is 29.8 Å². The Morgan fingerprint density at radius 1 is 1.18 bits per heavy atom. The largest absolute Gasteiger partial charge is 0.490 e. The normalized spacial score (nSPS) is 32.7. The highest BCUT2D eigenvalue weighted by Crippen LogP contribution is 2.40. The zero-order valence-corrected chi connectivity index (χ0v) is 10.3. The third-order valence-corrected chi connectivity index (χ3v) is 4.13. The Morgan fingerprint density at radius 2 is 2.00 bits per heavy atom. The maximum atomic E-state index is 9.82. The van der Waals surface area contributed by atoms with E-state index in [-0.39, 0.29) is 6.10 Å². The summed E-state index contributed by atoms with van der Waals surface area (Å²) in [6, 6.07) is 8.44. The molecule has 3 rings (SSSR count). The predicted molar refractivity (Wildman–Crippen MR) is 67.2 cm³/mol. The zero-order chi connectivity index (χ0) is 11.8. The Labute approximate surface area is 103 Å². The van der Waals surface area contributed by atoms with Crippen molar-refractivity contribution < 1.29 is 9.84 Å². The molecular formula is C15H20O2. The molecule has 2 aliphatic carbocycles. The molecule has 0 spiro atoms. The lowest BCUT2D eigenvalue weighted by Crippen LogP contribution is -2.14. The van der Waals surface area contributed by atoms with Crippen molar-refractivity contribution in [3.63, 3.8) is 0 Å². The van der Waals surface area contributed by atoms with Crippen LogP contribution in [-0.2, 0) is 0 Å². The van der Waals surface area contributed by atoms with Gasteiger partial charge in [-0.3, -0.25) is 0 Å². The summed E-state index contributed by atoms with van der Waals surface area (Å²) >= 11 is 0. The van der Waals surface area contributed by atoms with Gasteiger partial charge in [0.15, 0.2) is 0 Å². The summed E-state index contributed by atoms with van der Waals surface area (Å²) in [7, 11) is 0. The summed E-state index contributed by atoms with van der Waals surface area (Å²) in [5, 5.41) is 9.82. The molecule has 2 heteroatoms. The van der Waals surface area contributed by atoms with Gasteiger partial charge >= 0.3 is 0 Å². The first kappa shape index (κ1) is 11.1. The van der Waals surface area contributed by atoms with Crippen molar-refractivity contribution in [1.29, 1.82) is 0 Å². The Kier molecular flexibility index (Phi) is 2.83. The lowest BCUT2D eigenvalue weighted by atomic mass is 9.89. The maximum Gasteiger partial charge on any atom is 0.120 e. The smallest absolute Gasteiger partial charge is 0.120 e. The van der Waals surface area contributed by atoms with E-state index in [2.05, 4.69) is 25.1 Å². The molecule has 0 amide bonds. The topological polar surface area (TPSA) is 29.5 Å². The number of aliphatic hydroxyl groups is 1. The third-order valence-electron chi connectivity index (χ3n) is 4.13. The number of rotatable bonds is 3. The fraction of sp³-hybridized carbons (Fsp3) is 0.600. The molecule has 3 atom stereocenters. The van der Waals surface area contributed by atoms with Crippen LogP contribution in [0, 0.1) is 5.92 Å². The molecule has 17 heavy (non-hydrogen) atoms. The van der Waals surface area contributed by atoms with Gasteiger partial charge in [0.2, 0.25) is 0 Å². The van der Waals surface area contributed by atoms with E-state index >= 15 is 0 Å². The Bertz CT molecular complexity index is 398. The predicted octanol–water partition coefficient (Wildman–Crippen LogP) is 3.10. The minimum absolute atomic E-state index is 0.131. The molecule has 2 saturated carbocycles. The summed E-state index contributed by atoms with van der Waals surface area (Å²) in [6.07, 6.45) is 4.74. The van der Waals surface area contributed by atoms with Crippen LogP contribution in [0.25, 0.3) is 0 Å². The van der Waals surface area contributed by atoms with Gasteiger partial charge in [-0.25, -0.2) is 0 Å². The quantitative estimate of drug-likeness (QED) is 0.867. The lowest BCUT2D eigenvalue weighted by molar-refractivity contribution is 0.136. The SMILES string of the molecule is CC1C(O)CCC1c1cccc(OC2CC2)c1. The fourth-order valence-corrected chi connectivity index (χ4v) is 2.81. The standard InChI is InChI=1S/C15H20O2/c1-10-14(7-8-15(10)16)11-3-2-4-13(9-11)17-12-5-6-12/h2-4,9-10,12,14-16H,5-8H2,1H3. The second-order valence-electron chi connectivity index (χ2n) is 5.50. The van der Waals surface area contributed by atoms with Gasteiger partial charge in [-0.1, -0.05) is 19.1 Å². The molecule has 0 bridgehead atoms. The molecule has 1 aromatic carbocycles. The Hall–Kier alpha value is -1.02. The van der Waals surface area contributed by atoms with Crippen LogP contribution in [-0.4, -0.2) is 17.3 Å². The first-order valence-electron chi connectivity index (χ1n) is 6.69. The van der Waals surface area contributed by atoms with Crippen LogP contribution in [0.1, 0.15) is 44.1 Å². The average Bonchev–Trinajstić information content (AvgIpc) is 3.07. The molecule has 0 aliphatic heterocycles. The van der Waals surface area contributed by atoms with Crippen molar-refractivity contribution in [2.45, 2.75) is 50.7 Å². The van der Waals surface area contributed by atoms with E-state index in [9.17, 15) is 5.11 Å². The van der Waals surface area contributed by atoms with Gasteiger partial charge in [-0.15, -0.1) is 0 Å². The summed E-state index contributed by atoms with van der Waals surface area (Å²) in [5.74, 6) is 1.86. The van der Waals surface area contributed by atoms with Crippen LogP contribution < -0.4 is 4.74 Å².